The molecule has 5 nitrogen and oxygen atoms in total. The second-order valence-corrected chi connectivity index (χ2v) is 5.10. The number of nitrogens with one attached hydrogen (secondary N) is 1. The summed E-state index contributed by atoms with van der Waals surface area (Å²) in [5, 5.41) is 11.7. The summed E-state index contributed by atoms with van der Waals surface area (Å²) in [7, 11) is 0. The minimum atomic E-state index is -0.981. The first-order chi connectivity index (χ1) is 9.56. The van der Waals surface area contributed by atoms with Gasteiger partial charge in [-0.25, -0.2) is 0 Å². The molecule has 0 saturated heterocycles. The molecule has 0 fully saturated rings. The van der Waals surface area contributed by atoms with Crippen LogP contribution in [0.4, 0.5) is 0 Å². The molecule has 1 atom stereocenters. The number of aliphatic carboxylic acids is 1. The molecule has 0 spiro atoms. The Morgan fingerprint density at radius 3 is 2.50 bits per heavy atom. The molecule has 1 aromatic carbocycles. The SMILES string of the molecule is O=C(O)C[C@H](NC(=O)c1ccoc1)c1ccc(Br)cc1. The van der Waals surface area contributed by atoms with Crippen LogP contribution in [0.3, 0.4) is 0 Å². The number of amides is 1. The second-order valence-electron chi connectivity index (χ2n) is 4.19. The lowest BCUT2D eigenvalue weighted by atomic mass is 10.0. The summed E-state index contributed by atoms with van der Waals surface area (Å²) in [4.78, 5) is 22.9. The summed E-state index contributed by atoms with van der Waals surface area (Å²) in [5.41, 5.74) is 1.09. The van der Waals surface area contributed by atoms with Gasteiger partial charge in [0.25, 0.3) is 5.91 Å². The molecule has 0 radical (unpaired) electrons. The fraction of sp³-hybridized carbons (Fsp3) is 0.143. The first-order valence-electron chi connectivity index (χ1n) is 5.86. The van der Waals surface area contributed by atoms with Crippen molar-refractivity contribution in [3.8, 4) is 0 Å². The zero-order valence-electron chi connectivity index (χ0n) is 10.4. The number of hydrogen-bond acceptors (Lipinski definition) is 3. The van der Waals surface area contributed by atoms with Crippen molar-refractivity contribution < 1.29 is 19.1 Å². The van der Waals surface area contributed by atoms with Crippen LogP contribution in [0.25, 0.3) is 0 Å². The Bertz CT molecular complexity index is 592. The first kappa shape index (κ1) is 14.3. The van der Waals surface area contributed by atoms with E-state index in [0.29, 0.717) is 5.56 Å². The number of carboxylic acids is 1. The molecule has 2 rings (SSSR count). The van der Waals surface area contributed by atoms with Gasteiger partial charge in [0.05, 0.1) is 24.3 Å². The first-order valence-corrected chi connectivity index (χ1v) is 6.66. The van der Waals surface area contributed by atoms with Crippen LogP contribution in [0.5, 0.6) is 0 Å². The van der Waals surface area contributed by atoms with Gasteiger partial charge >= 0.3 is 5.97 Å². The monoisotopic (exact) mass is 337 g/mol. The van der Waals surface area contributed by atoms with E-state index >= 15 is 0 Å². The highest BCUT2D eigenvalue weighted by Crippen LogP contribution is 2.20. The van der Waals surface area contributed by atoms with Crippen molar-refractivity contribution >= 4 is 27.8 Å². The maximum absolute atomic E-state index is 12.0. The summed E-state index contributed by atoms with van der Waals surface area (Å²) < 4.78 is 5.72. The molecule has 0 bridgehead atoms. The minimum Gasteiger partial charge on any atom is -0.481 e. The fourth-order valence-electron chi connectivity index (χ4n) is 1.76. The van der Waals surface area contributed by atoms with Gasteiger partial charge in [0.15, 0.2) is 0 Å². The number of carbonyl (C=O) groups is 2. The lowest BCUT2D eigenvalue weighted by Gasteiger charge is -2.17. The molecule has 1 amide bonds. The Kier molecular flexibility index (Phi) is 4.57. The summed E-state index contributed by atoms with van der Waals surface area (Å²) in [5.74, 6) is -1.35. The fourth-order valence-corrected chi connectivity index (χ4v) is 2.02. The Morgan fingerprint density at radius 1 is 1.25 bits per heavy atom. The molecular formula is C14H12BrNO4. The maximum Gasteiger partial charge on any atom is 0.305 e. The van der Waals surface area contributed by atoms with E-state index in [1.165, 1.54) is 18.6 Å². The lowest BCUT2D eigenvalue weighted by Crippen LogP contribution is -2.29. The molecule has 0 saturated carbocycles. The molecule has 6 heteroatoms. The van der Waals surface area contributed by atoms with Crippen LogP contribution in [0.15, 0.2) is 51.7 Å². The maximum atomic E-state index is 12.0. The van der Waals surface area contributed by atoms with Gasteiger partial charge in [0.2, 0.25) is 0 Å². The van der Waals surface area contributed by atoms with Crippen molar-refractivity contribution in [2.24, 2.45) is 0 Å². The summed E-state index contributed by atoms with van der Waals surface area (Å²) >= 11 is 3.31. The van der Waals surface area contributed by atoms with Crippen LogP contribution >= 0.6 is 15.9 Å². The molecule has 1 heterocycles. The van der Waals surface area contributed by atoms with Crippen molar-refractivity contribution in [2.45, 2.75) is 12.5 Å². The molecule has 0 aliphatic carbocycles. The topological polar surface area (TPSA) is 79.5 Å². The van der Waals surface area contributed by atoms with E-state index in [1.54, 1.807) is 24.3 Å². The van der Waals surface area contributed by atoms with Crippen LogP contribution in [0.2, 0.25) is 0 Å². The highest BCUT2D eigenvalue weighted by Gasteiger charge is 2.19. The summed E-state index contributed by atoms with van der Waals surface area (Å²) in [6.07, 6.45) is 2.51. The Morgan fingerprint density at radius 2 is 1.95 bits per heavy atom. The highest BCUT2D eigenvalue weighted by atomic mass is 79.9. The normalized spacial score (nSPS) is 11.8. The van der Waals surface area contributed by atoms with Gasteiger partial charge < -0.3 is 14.8 Å². The average molecular weight is 338 g/mol. The van der Waals surface area contributed by atoms with Gasteiger partial charge in [-0.15, -0.1) is 0 Å². The van der Waals surface area contributed by atoms with Gasteiger partial charge in [0.1, 0.15) is 6.26 Å². The smallest absolute Gasteiger partial charge is 0.305 e. The van der Waals surface area contributed by atoms with Crippen LogP contribution < -0.4 is 5.32 Å². The van der Waals surface area contributed by atoms with E-state index in [-0.39, 0.29) is 12.3 Å². The van der Waals surface area contributed by atoms with Crippen LogP contribution in [0, 0.1) is 0 Å². The van der Waals surface area contributed by atoms with Gasteiger partial charge in [-0.1, -0.05) is 28.1 Å². The Hall–Kier alpha value is -2.08. The number of halogens is 1. The predicted molar refractivity (Wildman–Crippen MR) is 75.3 cm³/mol. The van der Waals surface area contributed by atoms with Crippen LogP contribution in [0.1, 0.15) is 28.4 Å². The standard InChI is InChI=1S/C14H12BrNO4/c15-11-3-1-9(2-4-11)12(7-13(17)18)16-14(19)10-5-6-20-8-10/h1-6,8,12H,7H2,(H,16,19)(H,17,18)/t12-/m0/s1. The Labute approximate surface area is 123 Å². The third kappa shape index (κ3) is 3.71. The zero-order valence-corrected chi connectivity index (χ0v) is 12.0. The molecule has 0 aliphatic rings. The lowest BCUT2D eigenvalue weighted by molar-refractivity contribution is -0.137. The van der Waals surface area contributed by atoms with Crippen molar-refractivity contribution in [1.82, 2.24) is 5.32 Å². The third-order valence-electron chi connectivity index (χ3n) is 2.74. The molecule has 20 heavy (non-hydrogen) atoms. The van der Waals surface area contributed by atoms with E-state index in [2.05, 4.69) is 21.2 Å². The second kappa shape index (κ2) is 6.38. The number of rotatable bonds is 5. The average Bonchev–Trinajstić information content (AvgIpc) is 2.92. The number of carbonyl (C=O) groups excluding carboxylic acids is 1. The Balaban J connectivity index is 2.17. The quantitative estimate of drug-likeness (QED) is 0.878. The van der Waals surface area contributed by atoms with E-state index in [1.807, 2.05) is 0 Å². The largest absolute Gasteiger partial charge is 0.481 e. The third-order valence-corrected chi connectivity index (χ3v) is 3.27. The molecule has 2 N–H and O–H groups in total. The van der Waals surface area contributed by atoms with Gasteiger partial charge in [-0.05, 0) is 23.8 Å². The summed E-state index contributed by atoms with van der Waals surface area (Å²) in [6.45, 7) is 0. The molecule has 1 aromatic heterocycles. The zero-order chi connectivity index (χ0) is 14.5. The van der Waals surface area contributed by atoms with Gasteiger partial charge in [-0.2, -0.15) is 0 Å². The van der Waals surface area contributed by atoms with E-state index in [4.69, 9.17) is 9.52 Å². The molecule has 2 aromatic rings. The van der Waals surface area contributed by atoms with Crippen molar-refractivity contribution in [3.05, 3.63) is 58.5 Å². The predicted octanol–water partition coefficient (Wildman–Crippen LogP) is 2.99. The molecule has 0 unspecified atom stereocenters. The number of furan rings is 1. The number of benzene rings is 1. The van der Waals surface area contributed by atoms with Crippen molar-refractivity contribution in [2.75, 3.05) is 0 Å². The van der Waals surface area contributed by atoms with Gasteiger partial charge in [0, 0.05) is 4.47 Å². The van der Waals surface area contributed by atoms with Crippen LogP contribution in [-0.2, 0) is 4.79 Å². The van der Waals surface area contributed by atoms with E-state index in [9.17, 15) is 9.59 Å². The molecule has 0 aliphatic heterocycles. The summed E-state index contributed by atoms with van der Waals surface area (Å²) in [6, 6.07) is 8.07. The molecular weight excluding hydrogens is 326 g/mol. The van der Waals surface area contributed by atoms with Gasteiger partial charge in [-0.3, -0.25) is 9.59 Å². The van der Waals surface area contributed by atoms with E-state index < -0.39 is 12.0 Å². The minimum absolute atomic E-state index is 0.189. The van der Waals surface area contributed by atoms with Crippen LogP contribution in [-0.4, -0.2) is 17.0 Å². The number of carboxylic acid groups (broad SMARTS) is 1. The molecule has 104 valence electrons. The van der Waals surface area contributed by atoms with E-state index in [0.717, 1.165) is 10.0 Å². The van der Waals surface area contributed by atoms with Crippen molar-refractivity contribution in [3.63, 3.8) is 0 Å². The van der Waals surface area contributed by atoms with Crippen molar-refractivity contribution in [1.29, 1.82) is 0 Å². The highest BCUT2D eigenvalue weighted by molar-refractivity contribution is 9.10. The number of hydrogen-bond donors (Lipinski definition) is 2.